The van der Waals surface area contributed by atoms with E-state index in [-0.39, 0.29) is 24.8 Å². The van der Waals surface area contributed by atoms with Crippen LogP contribution in [0.15, 0.2) is 24.3 Å². The molecule has 1 aromatic carbocycles. The van der Waals surface area contributed by atoms with Crippen LogP contribution in [0.4, 0.5) is 5.69 Å². The molecule has 2 N–H and O–H groups in total. The van der Waals surface area contributed by atoms with Gasteiger partial charge in [0.25, 0.3) is 5.91 Å². The van der Waals surface area contributed by atoms with Gasteiger partial charge < -0.3 is 20.3 Å². The van der Waals surface area contributed by atoms with E-state index >= 15 is 0 Å². The Morgan fingerprint density at radius 3 is 2.38 bits per heavy atom. The number of hydrogen-bond acceptors (Lipinski definition) is 5. The third-order valence-corrected chi connectivity index (χ3v) is 3.65. The Balaban J connectivity index is 1.79. The van der Waals surface area contributed by atoms with Crippen LogP contribution in [0, 0.1) is 0 Å². The maximum atomic E-state index is 12.1. The molecular weight excluding hydrogens is 306 g/mol. The third kappa shape index (κ3) is 5.85. The molecule has 0 unspecified atom stereocenters. The van der Waals surface area contributed by atoms with Crippen LogP contribution < -0.4 is 15.5 Å². The van der Waals surface area contributed by atoms with Crippen LogP contribution in [0.3, 0.4) is 0 Å². The first-order chi connectivity index (χ1) is 11.3. The van der Waals surface area contributed by atoms with Gasteiger partial charge >= 0.3 is 5.97 Å². The first-order valence-corrected chi connectivity index (χ1v) is 8.41. The number of piperazine rings is 1. The van der Waals surface area contributed by atoms with E-state index in [1.807, 2.05) is 45.0 Å². The van der Waals surface area contributed by atoms with E-state index in [0.29, 0.717) is 5.56 Å². The van der Waals surface area contributed by atoms with Crippen LogP contribution in [0.5, 0.6) is 0 Å². The summed E-state index contributed by atoms with van der Waals surface area (Å²) >= 11 is 0. The predicted molar refractivity (Wildman–Crippen MR) is 94.3 cm³/mol. The maximum Gasteiger partial charge on any atom is 0.308 e. The predicted octanol–water partition coefficient (Wildman–Crippen LogP) is 1.56. The Labute approximate surface area is 143 Å². The van der Waals surface area contributed by atoms with Crippen LogP contribution in [-0.4, -0.2) is 50.2 Å². The summed E-state index contributed by atoms with van der Waals surface area (Å²) in [6, 6.07) is 7.57. The van der Waals surface area contributed by atoms with Gasteiger partial charge in [0.15, 0.2) is 0 Å². The minimum atomic E-state index is -0.499. The third-order valence-electron chi connectivity index (χ3n) is 3.65. The number of carbonyl (C=O) groups is 2. The van der Waals surface area contributed by atoms with Gasteiger partial charge in [-0.2, -0.15) is 0 Å². The minimum absolute atomic E-state index is 0.169. The molecule has 24 heavy (non-hydrogen) atoms. The molecule has 1 heterocycles. The molecule has 0 aliphatic carbocycles. The van der Waals surface area contributed by atoms with Gasteiger partial charge in [-0.25, -0.2) is 0 Å². The number of rotatable bonds is 5. The molecule has 2 rings (SSSR count). The molecule has 6 heteroatoms. The summed E-state index contributed by atoms with van der Waals surface area (Å²) in [5.41, 5.74) is 1.22. The quantitative estimate of drug-likeness (QED) is 0.800. The summed E-state index contributed by atoms with van der Waals surface area (Å²) in [6.45, 7) is 9.65. The van der Waals surface area contributed by atoms with Crippen LogP contribution in [0.2, 0.25) is 0 Å². The lowest BCUT2D eigenvalue weighted by Gasteiger charge is -2.29. The Morgan fingerprint density at radius 1 is 1.17 bits per heavy atom. The number of hydrogen-bond donors (Lipinski definition) is 2. The monoisotopic (exact) mass is 333 g/mol. The molecule has 0 radical (unpaired) electrons. The largest absolute Gasteiger partial charge is 0.460 e. The van der Waals surface area contributed by atoms with Gasteiger partial charge in [-0.3, -0.25) is 9.59 Å². The topological polar surface area (TPSA) is 70.7 Å². The van der Waals surface area contributed by atoms with E-state index in [2.05, 4.69) is 15.5 Å². The Morgan fingerprint density at radius 2 is 1.79 bits per heavy atom. The summed E-state index contributed by atoms with van der Waals surface area (Å²) in [5.74, 6) is -0.484. The van der Waals surface area contributed by atoms with Gasteiger partial charge in [-0.05, 0) is 45.0 Å². The van der Waals surface area contributed by atoms with E-state index in [4.69, 9.17) is 4.74 Å². The lowest BCUT2D eigenvalue weighted by molar-refractivity contribution is -0.154. The van der Waals surface area contributed by atoms with Crippen molar-refractivity contribution in [1.29, 1.82) is 0 Å². The average Bonchev–Trinajstić information content (AvgIpc) is 2.54. The zero-order valence-corrected chi connectivity index (χ0v) is 14.7. The molecule has 1 aliphatic rings. The second-order valence-electron chi connectivity index (χ2n) is 6.88. The molecule has 6 nitrogen and oxygen atoms in total. The fraction of sp³-hybridized carbons (Fsp3) is 0.556. The highest BCUT2D eigenvalue weighted by atomic mass is 16.6. The average molecular weight is 333 g/mol. The first-order valence-electron chi connectivity index (χ1n) is 8.41. The zero-order chi connectivity index (χ0) is 17.6. The van der Waals surface area contributed by atoms with Crippen molar-refractivity contribution in [2.45, 2.75) is 32.8 Å². The molecular formula is C18H27N3O3. The van der Waals surface area contributed by atoms with Crippen molar-refractivity contribution in [3.63, 3.8) is 0 Å². The van der Waals surface area contributed by atoms with E-state index < -0.39 is 5.60 Å². The SMILES string of the molecule is CC(C)(C)OC(=O)CCNC(=O)c1ccc(N2CCNCC2)cc1. The van der Waals surface area contributed by atoms with Gasteiger partial charge in [0.2, 0.25) is 0 Å². The standard InChI is InChI=1S/C18H27N3O3/c1-18(2,3)24-16(22)8-9-20-17(23)14-4-6-15(7-5-14)21-12-10-19-11-13-21/h4-7,19H,8-13H2,1-3H3,(H,20,23). The van der Waals surface area contributed by atoms with Crippen molar-refractivity contribution < 1.29 is 14.3 Å². The molecule has 0 bridgehead atoms. The summed E-state index contributed by atoms with van der Waals surface area (Å²) < 4.78 is 5.21. The van der Waals surface area contributed by atoms with Crippen LogP contribution in [-0.2, 0) is 9.53 Å². The lowest BCUT2D eigenvalue weighted by Crippen LogP contribution is -2.43. The number of anilines is 1. The molecule has 0 saturated carbocycles. The number of amides is 1. The fourth-order valence-electron chi connectivity index (χ4n) is 2.52. The zero-order valence-electron chi connectivity index (χ0n) is 14.7. The van der Waals surface area contributed by atoms with Gasteiger partial charge in [0, 0.05) is 44.0 Å². The maximum absolute atomic E-state index is 12.1. The van der Waals surface area contributed by atoms with E-state index in [0.717, 1.165) is 31.9 Å². The molecule has 1 saturated heterocycles. The summed E-state index contributed by atoms with van der Waals surface area (Å²) in [6.07, 6.45) is 0.169. The molecule has 1 aliphatic heterocycles. The number of carbonyl (C=O) groups excluding carboxylic acids is 2. The Bertz CT molecular complexity index is 558. The fourth-order valence-corrected chi connectivity index (χ4v) is 2.52. The van der Waals surface area contributed by atoms with Gasteiger partial charge in [0.05, 0.1) is 6.42 Å². The smallest absolute Gasteiger partial charge is 0.308 e. The molecule has 0 aromatic heterocycles. The van der Waals surface area contributed by atoms with E-state index in [9.17, 15) is 9.59 Å². The Hall–Kier alpha value is -2.08. The summed E-state index contributed by atoms with van der Waals surface area (Å²) in [5, 5.41) is 6.07. The van der Waals surface area contributed by atoms with Crippen LogP contribution >= 0.6 is 0 Å². The van der Waals surface area contributed by atoms with E-state index in [1.54, 1.807) is 0 Å². The number of nitrogens with one attached hydrogen (secondary N) is 2. The number of benzene rings is 1. The number of ether oxygens (including phenoxy) is 1. The van der Waals surface area contributed by atoms with Crippen molar-refractivity contribution >= 4 is 17.6 Å². The van der Waals surface area contributed by atoms with Crippen LogP contribution in [0.1, 0.15) is 37.6 Å². The van der Waals surface area contributed by atoms with Crippen molar-refractivity contribution in [2.75, 3.05) is 37.6 Å². The first kappa shape index (κ1) is 18.3. The summed E-state index contributed by atoms with van der Waals surface area (Å²) in [4.78, 5) is 26.0. The molecule has 0 spiro atoms. The molecule has 132 valence electrons. The highest BCUT2D eigenvalue weighted by Gasteiger charge is 2.16. The Kier molecular flexibility index (Phi) is 6.20. The van der Waals surface area contributed by atoms with Gasteiger partial charge in [0.1, 0.15) is 5.60 Å². The van der Waals surface area contributed by atoms with Crippen molar-refractivity contribution in [3.05, 3.63) is 29.8 Å². The molecule has 0 atom stereocenters. The van der Waals surface area contributed by atoms with Gasteiger partial charge in [-0.1, -0.05) is 0 Å². The second kappa shape index (κ2) is 8.15. The minimum Gasteiger partial charge on any atom is -0.460 e. The highest BCUT2D eigenvalue weighted by molar-refractivity contribution is 5.94. The molecule has 1 fully saturated rings. The summed E-state index contributed by atoms with van der Waals surface area (Å²) in [7, 11) is 0. The lowest BCUT2D eigenvalue weighted by atomic mass is 10.1. The highest BCUT2D eigenvalue weighted by Crippen LogP contribution is 2.15. The van der Waals surface area contributed by atoms with Gasteiger partial charge in [-0.15, -0.1) is 0 Å². The van der Waals surface area contributed by atoms with E-state index in [1.165, 1.54) is 0 Å². The number of esters is 1. The normalized spacial score (nSPS) is 15.0. The number of nitrogens with zero attached hydrogens (tertiary/aromatic N) is 1. The second-order valence-corrected chi connectivity index (χ2v) is 6.88. The van der Waals surface area contributed by atoms with Crippen molar-refractivity contribution in [3.8, 4) is 0 Å². The van der Waals surface area contributed by atoms with Crippen LogP contribution in [0.25, 0.3) is 0 Å². The molecule has 1 amide bonds. The molecule has 1 aromatic rings. The van der Waals surface area contributed by atoms with Crippen molar-refractivity contribution in [1.82, 2.24) is 10.6 Å². The van der Waals surface area contributed by atoms with Crippen molar-refractivity contribution in [2.24, 2.45) is 0 Å².